The smallest absolute Gasteiger partial charge is 0.226 e. The molecule has 0 fully saturated rings. The van der Waals surface area contributed by atoms with Gasteiger partial charge in [-0.3, -0.25) is 4.79 Å². The van der Waals surface area contributed by atoms with Gasteiger partial charge in [0, 0.05) is 12.3 Å². The monoisotopic (exact) mass is 322 g/mol. The predicted molar refractivity (Wildman–Crippen MR) is 72.7 cm³/mol. The molecule has 3 nitrogen and oxygen atoms in total. The van der Waals surface area contributed by atoms with Gasteiger partial charge in [-0.25, -0.2) is 18.2 Å². The third kappa shape index (κ3) is 3.21. The minimum absolute atomic E-state index is 0.111. The van der Waals surface area contributed by atoms with Crippen molar-refractivity contribution in [1.82, 2.24) is 4.98 Å². The number of carbonyl (C=O) groups is 1. The number of alkyl halides is 1. The fourth-order valence-electron chi connectivity index (χ4n) is 1.59. The Morgan fingerprint density at radius 1 is 1.30 bits per heavy atom. The number of unbranched alkanes of at least 4 members (excludes halogenated alkanes) is 1. The molecule has 0 atom stereocenters. The Balaban J connectivity index is 2.16. The summed E-state index contributed by atoms with van der Waals surface area (Å²) in [5.41, 5.74) is -0.287. The molecule has 0 spiro atoms. The first kappa shape index (κ1) is 15.1. The van der Waals surface area contributed by atoms with E-state index in [9.17, 15) is 18.0 Å². The van der Waals surface area contributed by atoms with Gasteiger partial charge in [-0.2, -0.15) is 0 Å². The van der Waals surface area contributed by atoms with E-state index in [4.69, 9.17) is 11.6 Å². The van der Waals surface area contributed by atoms with E-state index < -0.39 is 17.5 Å². The van der Waals surface area contributed by atoms with Crippen LogP contribution in [0.25, 0.3) is 10.2 Å². The van der Waals surface area contributed by atoms with Crippen molar-refractivity contribution in [2.24, 2.45) is 0 Å². The van der Waals surface area contributed by atoms with Gasteiger partial charge in [-0.15, -0.1) is 11.6 Å². The number of benzene rings is 1. The number of aromatic nitrogens is 1. The largest absolute Gasteiger partial charge is 0.302 e. The molecule has 0 radical (unpaired) electrons. The Labute approximate surface area is 121 Å². The molecule has 1 amide bonds. The lowest BCUT2D eigenvalue weighted by Crippen LogP contribution is -2.10. The second-order valence-electron chi connectivity index (χ2n) is 4.05. The topological polar surface area (TPSA) is 42.0 Å². The predicted octanol–water partition coefficient (Wildman–Crippen LogP) is 4.06. The fraction of sp³-hybridized carbons (Fsp3) is 0.333. The first-order chi connectivity index (χ1) is 9.52. The summed E-state index contributed by atoms with van der Waals surface area (Å²) >= 11 is 6.38. The number of nitrogens with zero attached hydrogens (tertiary/aromatic N) is 1. The maximum Gasteiger partial charge on any atom is 0.226 e. The molecule has 0 unspecified atom stereocenters. The van der Waals surface area contributed by atoms with Gasteiger partial charge in [0.25, 0.3) is 0 Å². The van der Waals surface area contributed by atoms with Crippen molar-refractivity contribution in [3.8, 4) is 0 Å². The first-order valence-corrected chi connectivity index (χ1v) is 7.18. The fourth-order valence-corrected chi connectivity index (χ4v) is 2.68. The van der Waals surface area contributed by atoms with Crippen molar-refractivity contribution in [2.75, 3.05) is 11.2 Å². The van der Waals surface area contributed by atoms with E-state index in [0.29, 0.717) is 18.7 Å². The lowest BCUT2D eigenvalue weighted by atomic mass is 10.2. The van der Waals surface area contributed by atoms with E-state index in [-0.39, 0.29) is 27.7 Å². The molecule has 0 aliphatic heterocycles. The van der Waals surface area contributed by atoms with Crippen molar-refractivity contribution in [1.29, 1.82) is 0 Å². The number of amides is 1. The van der Waals surface area contributed by atoms with Crippen LogP contribution in [0.1, 0.15) is 19.3 Å². The molecule has 8 heteroatoms. The molecule has 2 rings (SSSR count). The zero-order valence-corrected chi connectivity index (χ0v) is 11.8. The van der Waals surface area contributed by atoms with Crippen LogP contribution in [0.2, 0.25) is 0 Å². The van der Waals surface area contributed by atoms with Crippen LogP contribution in [0.15, 0.2) is 6.07 Å². The summed E-state index contributed by atoms with van der Waals surface area (Å²) < 4.78 is 39.7. The molecule has 0 aliphatic carbocycles. The molecule has 20 heavy (non-hydrogen) atoms. The van der Waals surface area contributed by atoms with Crippen molar-refractivity contribution in [2.45, 2.75) is 19.3 Å². The van der Waals surface area contributed by atoms with Crippen LogP contribution in [-0.2, 0) is 4.79 Å². The SMILES string of the molecule is O=C(CCCCCl)Nc1nc2c(F)c(F)c(F)cc2s1. The normalized spacial score (nSPS) is 11.0. The van der Waals surface area contributed by atoms with Gasteiger partial charge in [-0.05, 0) is 18.9 Å². The first-order valence-electron chi connectivity index (χ1n) is 5.82. The molecule has 1 heterocycles. The second kappa shape index (κ2) is 6.41. The van der Waals surface area contributed by atoms with Gasteiger partial charge in [0.1, 0.15) is 5.52 Å². The highest BCUT2D eigenvalue weighted by Gasteiger charge is 2.18. The van der Waals surface area contributed by atoms with E-state index in [1.54, 1.807) is 0 Å². The highest BCUT2D eigenvalue weighted by molar-refractivity contribution is 7.22. The zero-order valence-electron chi connectivity index (χ0n) is 10.2. The number of halogens is 4. The lowest BCUT2D eigenvalue weighted by molar-refractivity contribution is -0.116. The minimum atomic E-state index is -1.57. The van der Waals surface area contributed by atoms with Crippen LogP contribution in [0.5, 0.6) is 0 Å². The third-order valence-electron chi connectivity index (χ3n) is 2.56. The number of nitrogens with one attached hydrogen (secondary N) is 1. The maximum absolute atomic E-state index is 13.5. The van der Waals surface area contributed by atoms with Crippen molar-refractivity contribution < 1.29 is 18.0 Å². The van der Waals surface area contributed by atoms with Gasteiger partial charge in [-0.1, -0.05) is 11.3 Å². The van der Waals surface area contributed by atoms with Crippen LogP contribution in [-0.4, -0.2) is 16.8 Å². The van der Waals surface area contributed by atoms with Gasteiger partial charge in [0.05, 0.1) is 4.70 Å². The number of anilines is 1. The van der Waals surface area contributed by atoms with Gasteiger partial charge < -0.3 is 5.32 Å². The quantitative estimate of drug-likeness (QED) is 0.512. The summed E-state index contributed by atoms with van der Waals surface area (Å²) in [6.45, 7) is 0. The molecular weight excluding hydrogens is 313 g/mol. The van der Waals surface area contributed by atoms with Gasteiger partial charge in [0.15, 0.2) is 22.6 Å². The zero-order chi connectivity index (χ0) is 14.7. The highest BCUT2D eigenvalue weighted by Crippen LogP contribution is 2.30. The van der Waals surface area contributed by atoms with E-state index in [1.807, 2.05) is 0 Å². The lowest BCUT2D eigenvalue weighted by Gasteiger charge is -1.99. The van der Waals surface area contributed by atoms with E-state index in [0.717, 1.165) is 17.4 Å². The van der Waals surface area contributed by atoms with Crippen LogP contribution in [0.4, 0.5) is 18.3 Å². The van der Waals surface area contributed by atoms with Crippen LogP contribution in [0.3, 0.4) is 0 Å². The van der Waals surface area contributed by atoms with Crippen molar-refractivity contribution in [3.63, 3.8) is 0 Å². The molecule has 0 bridgehead atoms. The Hall–Kier alpha value is -1.34. The second-order valence-corrected chi connectivity index (χ2v) is 5.45. The molecule has 108 valence electrons. The van der Waals surface area contributed by atoms with Crippen molar-refractivity contribution >= 4 is 44.2 Å². The van der Waals surface area contributed by atoms with E-state index in [1.165, 1.54) is 0 Å². The standard InChI is InChI=1S/C12H10ClF3N2OS/c13-4-2-1-3-8(19)17-12-18-11-7(20-12)5-6(14)9(15)10(11)16/h5H,1-4H2,(H,17,18,19). The van der Waals surface area contributed by atoms with Gasteiger partial charge in [0.2, 0.25) is 5.91 Å². The van der Waals surface area contributed by atoms with E-state index in [2.05, 4.69) is 10.3 Å². The molecule has 1 aromatic carbocycles. The number of rotatable bonds is 5. The van der Waals surface area contributed by atoms with E-state index >= 15 is 0 Å². The molecule has 0 saturated carbocycles. The number of hydrogen-bond donors (Lipinski definition) is 1. The molecule has 1 aromatic heterocycles. The van der Waals surface area contributed by atoms with Crippen molar-refractivity contribution in [3.05, 3.63) is 23.5 Å². The van der Waals surface area contributed by atoms with Gasteiger partial charge >= 0.3 is 0 Å². The summed E-state index contributed by atoms with van der Waals surface area (Å²) in [5, 5.41) is 2.58. The summed E-state index contributed by atoms with van der Waals surface area (Å²) in [5.74, 6) is -4.02. The average Bonchev–Trinajstić information content (AvgIpc) is 2.79. The van der Waals surface area contributed by atoms with Crippen LogP contribution in [0, 0.1) is 17.5 Å². The Bertz CT molecular complexity index is 647. The molecule has 0 aliphatic rings. The number of hydrogen-bond acceptors (Lipinski definition) is 3. The number of carbonyl (C=O) groups excluding carboxylic acids is 1. The summed E-state index contributed by atoms with van der Waals surface area (Å²) in [6, 6.07) is 0.856. The molecule has 1 N–H and O–H groups in total. The molecule has 2 aromatic rings. The number of thiazole rings is 1. The van der Waals surface area contributed by atoms with Crippen LogP contribution >= 0.6 is 22.9 Å². The van der Waals surface area contributed by atoms with Crippen LogP contribution < -0.4 is 5.32 Å². The summed E-state index contributed by atoms with van der Waals surface area (Å²) in [4.78, 5) is 15.3. The Morgan fingerprint density at radius 3 is 2.75 bits per heavy atom. The average molecular weight is 323 g/mol. The summed E-state index contributed by atoms with van der Waals surface area (Å²) in [7, 11) is 0. The molecular formula is C12H10ClF3N2OS. The maximum atomic E-state index is 13.5. The molecule has 0 saturated heterocycles. The third-order valence-corrected chi connectivity index (χ3v) is 3.74. The Morgan fingerprint density at radius 2 is 2.05 bits per heavy atom. The Kier molecular flexibility index (Phi) is 4.82. The number of fused-ring (bicyclic) bond motifs is 1. The highest BCUT2D eigenvalue weighted by atomic mass is 35.5. The summed E-state index contributed by atoms with van der Waals surface area (Å²) in [6.07, 6.45) is 1.59. The minimum Gasteiger partial charge on any atom is -0.302 e.